The van der Waals surface area contributed by atoms with Gasteiger partial charge < -0.3 is 4.85 Å². The third kappa shape index (κ3) is 4.27. The Hall–Kier alpha value is -5.13. The van der Waals surface area contributed by atoms with Crippen LogP contribution < -0.4 is 0 Å². The average Bonchev–Trinajstić information content (AvgIpc) is 2.93. The molecule has 158 valence electrons. The van der Waals surface area contributed by atoms with E-state index in [0.717, 1.165) is 22.3 Å². The molecule has 0 N–H and O–H groups in total. The van der Waals surface area contributed by atoms with Crippen LogP contribution in [0.25, 0.3) is 49.9 Å². The van der Waals surface area contributed by atoms with Crippen LogP contribution in [-0.2, 0) is 0 Å². The maximum absolute atomic E-state index is 9.28. The average molecular weight is 435 g/mol. The second-order valence-corrected chi connectivity index (χ2v) is 7.58. The van der Waals surface area contributed by atoms with E-state index in [9.17, 15) is 5.26 Å². The van der Waals surface area contributed by atoms with Crippen molar-refractivity contribution in [1.82, 2.24) is 15.0 Å². The number of hydrogen-bond acceptors (Lipinski definition) is 4. The fraction of sp³-hybridized carbons (Fsp3) is 0. The summed E-state index contributed by atoms with van der Waals surface area (Å²) in [5.41, 5.74) is 7.05. The van der Waals surface area contributed by atoms with E-state index < -0.39 is 0 Å². The highest BCUT2D eigenvalue weighted by Gasteiger charge is 2.13. The zero-order valence-electron chi connectivity index (χ0n) is 18.1. The molecule has 0 radical (unpaired) electrons. The highest BCUT2D eigenvalue weighted by atomic mass is 14.9. The number of nitriles is 1. The summed E-state index contributed by atoms with van der Waals surface area (Å²) in [6.45, 7) is 7.29. The molecular formula is C29H17N5. The molecule has 0 aliphatic heterocycles. The van der Waals surface area contributed by atoms with Crippen molar-refractivity contribution in [2.75, 3.05) is 0 Å². The summed E-state index contributed by atoms with van der Waals surface area (Å²) in [5, 5.41) is 9.28. The molecule has 2 aromatic carbocycles. The molecule has 0 fully saturated rings. The molecule has 5 aromatic rings. The summed E-state index contributed by atoms with van der Waals surface area (Å²) < 4.78 is 0. The van der Waals surface area contributed by atoms with Crippen molar-refractivity contribution in [3.05, 3.63) is 120 Å². The van der Waals surface area contributed by atoms with Crippen molar-refractivity contribution in [3.8, 4) is 51.1 Å². The van der Waals surface area contributed by atoms with Gasteiger partial charge in [0.25, 0.3) is 5.82 Å². The van der Waals surface area contributed by atoms with Gasteiger partial charge in [-0.2, -0.15) is 5.26 Å². The molecule has 0 atom stereocenters. The molecule has 0 aliphatic rings. The summed E-state index contributed by atoms with van der Waals surface area (Å²) in [6.07, 6.45) is 0. The Morgan fingerprint density at radius 2 is 1.15 bits per heavy atom. The lowest BCUT2D eigenvalue weighted by molar-refractivity contribution is 1.21. The minimum atomic E-state index is 0.308. The van der Waals surface area contributed by atoms with Gasteiger partial charge in [0.2, 0.25) is 0 Å². The number of rotatable bonds is 4. The van der Waals surface area contributed by atoms with Crippen LogP contribution in [-0.4, -0.2) is 15.0 Å². The fourth-order valence-electron chi connectivity index (χ4n) is 3.71. The second-order valence-electron chi connectivity index (χ2n) is 7.58. The fourth-order valence-corrected chi connectivity index (χ4v) is 3.71. The topological polar surface area (TPSA) is 66.8 Å². The predicted molar refractivity (Wildman–Crippen MR) is 133 cm³/mol. The summed E-state index contributed by atoms with van der Waals surface area (Å²) in [7, 11) is 0. The first-order valence-corrected chi connectivity index (χ1v) is 10.6. The maximum Gasteiger partial charge on any atom is 0.270 e. The van der Waals surface area contributed by atoms with Crippen molar-refractivity contribution in [2.45, 2.75) is 0 Å². The number of pyridine rings is 3. The molecule has 0 unspecified atom stereocenters. The van der Waals surface area contributed by atoms with Crippen LogP contribution in [0.3, 0.4) is 0 Å². The van der Waals surface area contributed by atoms with Crippen LogP contribution in [0.5, 0.6) is 0 Å². The van der Waals surface area contributed by atoms with Gasteiger partial charge in [0.1, 0.15) is 17.5 Å². The molecule has 0 saturated heterocycles. The minimum absolute atomic E-state index is 0.308. The Bertz CT molecular complexity index is 1480. The Balaban J connectivity index is 1.64. The van der Waals surface area contributed by atoms with Crippen LogP contribution >= 0.6 is 0 Å². The summed E-state index contributed by atoms with van der Waals surface area (Å²) >= 11 is 0. The van der Waals surface area contributed by atoms with E-state index in [-0.39, 0.29) is 0 Å². The van der Waals surface area contributed by atoms with Gasteiger partial charge in [0.05, 0.1) is 11.4 Å². The zero-order valence-corrected chi connectivity index (χ0v) is 18.1. The Labute approximate surface area is 197 Å². The van der Waals surface area contributed by atoms with Crippen LogP contribution in [0.1, 0.15) is 5.69 Å². The minimum Gasteiger partial charge on any atom is -0.361 e. The van der Waals surface area contributed by atoms with E-state index in [1.165, 1.54) is 0 Å². The van der Waals surface area contributed by atoms with E-state index in [4.69, 9.17) is 11.6 Å². The van der Waals surface area contributed by atoms with Gasteiger partial charge in [0.15, 0.2) is 5.69 Å². The monoisotopic (exact) mass is 435 g/mol. The zero-order chi connectivity index (χ0) is 23.3. The van der Waals surface area contributed by atoms with Crippen LogP contribution in [0.15, 0.2) is 103 Å². The standard InChI is InChI=1S/C29H17N5/c1-31-29-12-6-11-26(34-29)28-18-23(17-27(33-28)25-10-5-9-24(19-30)32-25)22-15-13-21(14-16-22)20-7-3-2-4-8-20/h2-18H. The Kier molecular flexibility index (Phi) is 5.59. The van der Waals surface area contributed by atoms with Crippen LogP contribution in [0, 0.1) is 17.9 Å². The number of nitrogens with zero attached hydrogens (tertiary/aromatic N) is 5. The predicted octanol–water partition coefficient (Wildman–Crippen LogP) is 6.96. The highest BCUT2D eigenvalue weighted by molar-refractivity contribution is 5.77. The van der Waals surface area contributed by atoms with Gasteiger partial charge in [-0.15, -0.1) is 4.98 Å². The molecular weight excluding hydrogens is 418 g/mol. The molecule has 5 rings (SSSR count). The second kappa shape index (κ2) is 9.16. The SMILES string of the molecule is [C-]#[N+]c1cccc(-c2cc(-c3ccc(-c4ccccc4)cc3)cc(-c3cccc(C#N)n3)n2)n1. The molecule has 0 spiro atoms. The largest absolute Gasteiger partial charge is 0.361 e. The lowest BCUT2D eigenvalue weighted by Crippen LogP contribution is -1.95. The summed E-state index contributed by atoms with van der Waals surface area (Å²) in [6, 6.07) is 35.2. The van der Waals surface area contributed by atoms with Gasteiger partial charge in [-0.3, -0.25) is 0 Å². The van der Waals surface area contributed by atoms with E-state index in [2.05, 4.69) is 57.3 Å². The highest BCUT2D eigenvalue weighted by Crippen LogP contribution is 2.31. The van der Waals surface area contributed by atoms with Crippen molar-refractivity contribution in [2.24, 2.45) is 0 Å². The molecule has 0 saturated carbocycles. The normalized spacial score (nSPS) is 10.3. The molecule has 3 aromatic heterocycles. The maximum atomic E-state index is 9.28. The summed E-state index contributed by atoms with van der Waals surface area (Å²) in [4.78, 5) is 17.1. The van der Waals surface area contributed by atoms with E-state index in [1.807, 2.05) is 42.5 Å². The van der Waals surface area contributed by atoms with Gasteiger partial charge in [0, 0.05) is 0 Å². The quantitative estimate of drug-likeness (QED) is 0.286. The van der Waals surface area contributed by atoms with Crippen molar-refractivity contribution >= 4 is 5.82 Å². The molecule has 5 heteroatoms. The third-order valence-electron chi connectivity index (χ3n) is 5.39. The molecule has 0 bridgehead atoms. The van der Waals surface area contributed by atoms with Crippen LogP contribution in [0.2, 0.25) is 0 Å². The van der Waals surface area contributed by atoms with E-state index >= 15 is 0 Å². The van der Waals surface area contributed by atoms with Crippen molar-refractivity contribution in [1.29, 1.82) is 5.26 Å². The number of aromatic nitrogens is 3. The third-order valence-corrected chi connectivity index (χ3v) is 5.39. The lowest BCUT2D eigenvalue weighted by Gasteiger charge is -2.10. The Morgan fingerprint density at radius 1 is 0.559 bits per heavy atom. The van der Waals surface area contributed by atoms with Gasteiger partial charge in [-0.25, -0.2) is 9.97 Å². The van der Waals surface area contributed by atoms with Crippen molar-refractivity contribution < 1.29 is 0 Å². The first-order valence-electron chi connectivity index (χ1n) is 10.6. The lowest BCUT2D eigenvalue weighted by atomic mass is 9.99. The first-order chi connectivity index (χ1) is 16.7. The van der Waals surface area contributed by atoms with Gasteiger partial charge in [-0.1, -0.05) is 73.3 Å². The van der Waals surface area contributed by atoms with E-state index in [0.29, 0.717) is 34.3 Å². The summed E-state index contributed by atoms with van der Waals surface area (Å²) in [5.74, 6) is 0.308. The van der Waals surface area contributed by atoms with Crippen molar-refractivity contribution in [3.63, 3.8) is 0 Å². The molecule has 5 nitrogen and oxygen atoms in total. The molecule has 34 heavy (non-hydrogen) atoms. The van der Waals surface area contributed by atoms with Crippen LogP contribution in [0.4, 0.5) is 5.82 Å². The molecule has 0 aliphatic carbocycles. The first kappa shape index (κ1) is 20.8. The van der Waals surface area contributed by atoms with Gasteiger partial charge >= 0.3 is 0 Å². The number of hydrogen-bond donors (Lipinski definition) is 0. The number of benzene rings is 2. The van der Waals surface area contributed by atoms with E-state index in [1.54, 1.807) is 24.3 Å². The Morgan fingerprint density at radius 3 is 1.79 bits per heavy atom. The van der Waals surface area contributed by atoms with Gasteiger partial charge in [-0.05, 0) is 58.7 Å². The molecule has 3 heterocycles. The molecule has 0 amide bonds. The smallest absolute Gasteiger partial charge is 0.270 e.